The number of hydrogen-bond acceptors (Lipinski definition) is 2. The Labute approximate surface area is 132 Å². The van der Waals surface area contributed by atoms with Crippen LogP contribution in [0.3, 0.4) is 0 Å². The van der Waals surface area contributed by atoms with Crippen molar-refractivity contribution in [2.24, 2.45) is 0 Å². The van der Waals surface area contributed by atoms with Crippen molar-refractivity contribution in [2.45, 2.75) is 25.7 Å². The molecule has 116 valence electrons. The molecule has 0 spiro atoms. The zero-order valence-corrected chi connectivity index (χ0v) is 13.2. The summed E-state index contributed by atoms with van der Waals surface area (Å²) in [4.78, 5) is 12.0. The summed E-state index contributed by atoms with van der Waals surface area (Å²) in [5.41, 5.74) is 2.39. The lowest BCUT2D eigenvalue weighted by Crippen LogP contribution is -2.26. The molecule has 0 heterocycles. The Bertz CT molecular complexity index is 578. The summed E-state index contributed by atoms with van der Waals surface area (Å²) < 4.78 is 5.13. The maximum atomic E-state index is 12.0. The maximum absolute atomic E-state index is 12.0. The molecule has 1 atom stereocenters. The molecular weight excluding hydrogens is 274 g/mol. The minimum atomic E-state index is 0.102. The van der Waals surface area contributed by atoms with Crippen LogP contribution in [0.5, 0.6) is 5.75 Å². The molecule has 0 fully saturated rings. The van der Waals surface area contributed by atoms with Crippen LogP contribution in [-0.2, 0) is 11.2 Å². The highest BCUT2D eigenvalue weighted by molar-refractivity contribution is 5.76. The number of nitrogens with one attached hydrogen (secondary N) is 1. The Morgan fingerprint density at radius 2 is 1.77 bits per heavy atom. The highest BCUT2D eigenvalue weighted by atomic mass is 16.5. The van der Waals surface area contributed by atoms with Crippen molar-refractivity contribution < 1.29 is 9.53 Å². The molecule has 0 aliphatic heterocycles. The zero-order chi connectivity index (χ0) is 15.8. The van der Waals surface area contributed by atoms with E-state index in [2.05, 4.69) is 24.4 Å². The number of rotatable bonds is 7. The molecule has 0 radical (unpaired) electrons. The summed E-state index contributed by atoms with van der Waals surface area (Å²) in [7, 11) is 1.66. The fourth-order valence-corrected chi connectivity index (χ4v) is 2.39. The van der Waals surface area contributed by atoms with Crippen LogP contribution in [0.25, 0.3) is 0 Å². The smallest absolute Gasteiger partial charge is 0.220 e. The first-order valence-electron chi connectivity index (χ1n) is 7.63. The molecule has 3 nitrogen and oxygen atoms in total. The Morgan fingerprint density at radius 3 is 2.41 bits per heavy atom. The van der Waals surface area contributed by atoms with Crippen LogP contribution in [0.15, 0.2) is 54.6 Å². The number of hydrogen-bond donors (Lipinski definition) is 1. The van der Waals surface area contributed by atoms with Gasteiger partial charge in [-0.15, -0.1) is 0 Å². The number of benzene rings is 2. The first-order valence-corrected chi connectivity index (χ1v) is 7.63. The van der Waals surface area contributed by atoms with Crippen molar-refractivity contribution in [3.63, 3.8) is 0 Å². The van der Waals surface area contributed by atoms with Crippen LogP contribution in [0.1, 0.15) is 30.4 Å². The molecule has 0 bridgehead atoms. The monoisotopic (exact) mass is 297 g/mol. The van der Waals surface area contributed by atoms with Crippen LogP contribution in [0.2, 0.25) is 0 Å². The van der Waals surface area contributed by atoms with Crippen LogP contribution in [-0.4, -0.2) is 19.6 Å². The van der Waals surface area contributed by atoms with Gasteiger partial charge in [-0.3, -0.25) is 4.79 Å². The second-order valence-corrected chi connectivity index (χ2v) is 5.46. The van der Waals surface area contributed by atoms with Gasteiger partial charge in [0.1, 0.15) is 5.75 Å². The second-order valence-electron chi connectivity index (χ2n) is 5.46. The minimum Gasteiger partial charge on any atom is -0.497 e. The molecule has 2 aromatic carbocycles. The molecule has 22 heavy (non-hydrogen) atoms. The lowest BCUT2D eigenvalue weighted by atomic mass is 9.97. The number of carbonyl (C=O) groups is 1. The van der Waals surface area contributed by atoms with Crippen LogP contribution >= 0.6 is 0 Å². The van der Waals surface area contributed by atoms with Crippen molar-refractivity contribution in [3.05, 3.63) is 65.7 Å². The van der Waals surface area contributed by atoms with Gasteiger partial charge in [0.15, 0.2) is 0 Å². The Kier molecular flexibility index (Phi) is 6.01. The molecule has 0 aliphatic rings. The third-order valence-corrected chi connectivity index (χ3v) is 3.76. The first-order chi connectivity index (χ1) is 10.7. The molecule has 0 saturated carbocycles. The summed E-state index contributed by atoms with van der Waals surface area (Å²) in [6.45, 7) is 2.74. The Hall–Kier alpha value is -2.29. The topological polar surface area (TPSA) is 38.3 Å². The van der Waals surface area contributed by atoms with Crippen molar-refractivity contribution in [3.8, 4) is 5.75 Å². The number of carbonyl (C=O) groups excluding carboxylic acids is 1. The molecule has 0 saturated heterocycles. The predicted molar refractivity (Wildman–Crippen MR) is 89.2 cm³/mol. The van der Waals surface area contributed by atoms with Gasteiger partial charge in [-0.05, 0) is 35.6 Å². The quantitative estimate of drug-likeness (QED) is 0.849. The number of ether oxygens (including phenoxy) is 1. The first kappa shape index (κ1) is 16.1. The SMILES string of the molecule is COc1ccc(CCNC(=O)C[C@H](C)c2ccccc2)cc1. The summed E-state index contributed by atoms with van der Waals surface area (Å²) in [6, 6.07) is 18.1. The normalized spacial score (nSPS) is 11.7. The average Bonchev–Trinajstić information content (AvgIpc) is 2.56. The van der Waals surface area contributed by atoms with Gasteiger partial charge in [0, 0.05) is 13.0 Å². The number of amides is 1. The Balaban J connectivity index is 1.73. The third-order valence-electron chi connectivity index (χ3n) is 3.76. The fraction of sp³-hybridized carbons (Fsp3) is 0.316. The summed E-state index contributed by atoms with van der Waals surface area (Å²) in [5.74, 6) is 1.19. The molecule has 2 rings (SSSR count). The lowest BCUT2D eigenvalue weighted by Gasteiger charge is -2.12. The van der Waals surface area contributed by atoms with Crippen LogP contribution < -0.4 is 10.1 Å². The van der Waals surface area contributed by atoms with Gasteiger partial charge in [0.25, 0.3) is 0 Å². The van der Waals surface area contributed by atoms with Gasteiger partial charge in [-0.1, -0.05) is 49.4 Å². The maximum Gasteiger partial charge on any atom is 0.220 e. The van der Waals surface area contributed by atoms with Crippen molar-refractivity contribution >= 4 is 5.91 Å². The molecular formula is C19H23NO2. The Morgan fingerprint density at radius 1 is 1.09 bits per heavy atom. The zero-order valence-electron chi connectivity index (χ0n) is 13.2. The molecule has 0 unspecified atom stereocenters. The molecule has 0 aromatic heterocycles. The third kappa shape index (κ3) is 4.92. The van der Waals surface area contributed by atoms with E-state index >= 15 is 0 Å². The van der Waals surface area contributed by atoms with Crippen LogP contribution in [0.4, 0.5) is 0 Å². The molecule has 3 heteroatoms. The fourth-order valence-electron chi connectivity index (χ4n) is 2.39. The summed E-state index contributed by atoms with van der Waals surface area (Å²) >= 11 is 0. The van der Waals surface area contributed by atoms with Crippen LogP contribution in [0, 0.1) is 0 Å². The van der Waals surface area contributed by atoms with E-state index in [-0.39, 0.29) is 11.8 Å². The largest absolute Gasteiger partial charge is 0.497 e. The van der Waals surface area contributed by atoms with E-state index in [1.54, 1.807) is 7.11 Å². The van der Waals surface area contributed by atoms with Crippen molar-refractivity contribution in [1.29, 1.82) is 0 Å². The highest BCUT2D eigenvalue weighted by Crippen LogP contribution is 2.18. The lowest BCUT2D eigenvalue weighted by molar-refractivity contribution is -0.121. The van der Waals surface area contributed by atoms with Gasteiger partial charge in [-0.2, -0.15) is 0 Å². The molecule has 1 N–H and O–H groups in total. The van der Waals surface area contributed by atoms with E-state index in [0.717, 1.165) is 12.2 Å². The van der Waals surface area contributed by atoms with E-state index in [0.29, 0.717) is 13.0 Å². The average molecular weight is 297 g/mol. The van der Waals surface area contributed by atoms with Gasteiger partial charge in [0.05, 0.1) is 7.11 Å². The van der Waals surface area contributed by atoms with Gasteiger partial charge >= 0.3 is 0 Å². The minimum absolute atomic E-state index is 0.102. The van der Waals surface area contributed by atoms with E-state index in [1.165, 1.54) is 11.1 Å². The van der Waals surface area contributed by atoms with Gasteiger partial charge in [-0.25, -0.2) is 0 Å². The van der Waals surface area contributed by atoms with E-state index in [9.17, 15) is 4.79 Å². The van der Waals surface area contributed by atoms with Crippen molar-refractivity contribution in [1.82, 2.24) is 5.32 Å². The number of methoxy groups -OCH3 is 1. The van der Waals surface area contributed by atoms with E-state index < -0.39 is 0 Å². The van der Waals surface area contributed by atoms with E-state index in [1.807, 2.05) is 42.5 Å². The van der Waals surface area contributed by atoms with E-state index in [4.69, 9.17) is 4.74 Å². The molecule has 2 aromatic rings. The second kappa shape index (κ2) is 8.23. The summed E-state index contributed by atoms with van der Waals surface area (Å²) in [5, 5.41) is 2.99. The highest BCUT2D eigenvalue weighted by Gasteiger charge is 2.10. The molecule has 1 amide bonds. The van der Waals surface area contributed by atoms with Crippen molar-refractivity contribution in [2.75, 3.05) is 13.7 Å². The summed E-state index contributed by atoms with van der Waals surface area (Å²) in [6.07, 6.45) is 1.35. The predicted octanol–water partition coefficient (Wildman–Crippen LogP) is 3.55. The van der Waals surface area contributed by atoms with Gasteiger partial charge < -0.3 is 10.1 Å². The molecule has 0 aliphatic carbocycles. The van der Waals surface area contributed by atoms with Gasteiger partial charge in [0.2, 0.25) is 5.91 Å². The standard InChI is InChI=1S/C19H23NO2/c1-15(17-6-4-3-5-7-17)14-19(21)20-13-12-16-8-10-18(22-2)11-9-16/h3-11,15H,12-14H2,1-2H3,(H,20,21)/t15-/m0/s1.